The van der Waals surface area contributed by atoms with Gasteiger partial charge in [-0.15, -0.1) is 12.4 Å². The summed E-state index contributed by atoms with van der Waals surface area (Å²) in [5.41, 5.74) is 0. The summed E-state index contributed by atoms with van der Waals surface area (Å²) in [4.78, 5) is 2.03. The van der Waals surface area contributed by atoms with Gasteiger partial charge in [-0.2, -0.15) is 0 Å². The van der Waals surface area contributed by atoms with E-state index in [4.69, 9.17) is 11.6 Å². The Morgan fingerprint density at radius 1 is 1.67 bits per heavy atom. The summed E-state index contributed by atoms with van der Waals surface area (Å²) in [6.07, 6.45) is 0. The van der Waals surface area contributed by atoms with Crippen LogP contribution in [0.3, 0.4) is 0 Å². The molecule has 0 saturated heterocycles. The zero-order valence-corrected chi connectivity index (χ0v) is 7.17. The van der Waals surface area contributed by atoms with Crippen LogP contribution in [0.1, 0.15) is 0 Å². The minimum Gasteiger partial charge on any atom is -0.250 e. The molecule has 54 valence electrons. The SMILES string of the molecule is CN1CC[N+](C)=C1Cl.Cl. The zero-order chi connectivity index (χ0) is 6.15. The van der Waals surface area contributed by atoms with Gasteiger partial charge in [-0.3, -0.25) is 9.48 Å². The van der Waals surface area contributed by atoms with Gasteiger partial charge in [-0.05, 0) is 0 Å². The lowest BCUT2D eigenvalue weighted by molar-refractivity contribution is -0.484. The Bertz CT molecular complexity index is 133. The molecular weight excluding hydrogens is 159 g/mol. The highest BCUT2D eigenvalue weighted by atomic mass is 35.5. The summed E-state index contributed by atoms with van der Waals surface area (Å²) in [6, 6.07) is 0. The minimum atomic E-state index is 0. The average Bonchev–Trinajstić information content (AvgIpc) is 1.98. The van der Waals surface area contributed by atoms with E-state index in [-0.39, 0.29) is 12.4 Å². The quantitative estimate of drug-likeness (QED) is 0.381. The fourth-order valence-electron chi connectivity index (χ4n) is 0.776. The Morgan fingerprint density at radius 3 is 2.33 bits per heavy atom. The third-order valence-corrected chi connectivity index (χ3v) is 1.98. The Morgan fingerprint density at radius 2 is 2.22 bits per heavy atom. The second-order valence-corrected chi connectivity index (χ2v) is 2.45. The number of likely N-dealkylation sites (N-methyl/N-ethyl adjacent to an activating group) is 2. The molecule has 0 radical (unpaired) electrons. The Balaban J connectivity index is 0.000000640. The van der Waals surface area contributed by atoms with E-state index in [2.05, 4.69) is 0 Å². The van der Waals surface area contributed by atoms with Crippen molar-refractivity contribution < 1.29 is 4.58 Å². The molecule has 1 aliphatic rings. The zero-order valence-electron chi connectivity index (χ0n) is 5.59. The fourth-order valence-corrected chi connectivity index (χ4v) is 0.945. The maximum atomic E-state index is 5.78. The summed E-state index contributed by atoms with van der Waals surface area (Å²) >= 11 is 5.78. The van der Waals surface area contributed by atoms with Gasteiger partial charge < -0.3 is 0 Å². The molecule has 1 heterocycles. The minimum absolute atomic E-state index is 0. The van der Waals surface area contributed by atoms with Crippen LogP contribution in [0.5, 0.6) is 0 Å². The molecule has 1 aliphatic heterocycles. The molecule has 0 aliphatic carbocycles. The van der Waals surface area contributed by atoms with Crippen LogP contribution in [0, 0.1) is 0 Å². The molecule has 0 aromatic heterocycles. The first-order chi connectivity index (χ1) is 3.72. The van der Waals surface area contributed by atoms with E-state index in [0.717, 1.165) is 18.4 Å². The lowest BCUT2D eigenvalue weighted by Gasteiger charge is -1.95. The topological polar surface area (TPSA) is 6.25 Å². The summed E-state index contributed by atoms with van der Waals surface area (Å²) in [6.45, 7) is 2.10. The molecule has 0 bridgehead atoms. The van der Waals surface area contributed by atoms with E-state index in [1.807, 2.05) is 23.6 Å². The molecule has 9 heavy (non-hydrogen) atoms. The van der Waals surface area contributed by atoms with E-state index < -0.39 is 0 Å². The highest BCUT2D eigenvalue weighted by Gasteiger charge is 2.21. The van der Waals surface area contributed by atoms with Crippen LogP contribution in [0.2, 0.25) is 0 Å². The number of rotatable bonds is 0. The van der Waals surface area contributed by atoms with Gasteiger partial charge in [0.05, 0.1) is 14.1 Å². The Hall–Kier alpha value is 0.0500. The van der Waals surface area contributed by atoms with Crippen LogP contribution in [0.4, 0.5) is 0 Å². The number of hydrogen-bond acceptors (Lipinski definition) is 1. The van der Waals surface area contributed by atoms with Gasteiger partial charge in [0.15, 0.2) is 0 Å². The van der Waals surface area contributed by atoms with Gasteiger partial charge in [0, 0.05) is 11.6 Å². The molecule has 0 spiro atoms. The monoisotopic (exact) mass is 169 g/mol. The van der Waals surface area contributed by atoms with Crippen molar-refractivity contribution in [1.82, 2.24) is 4.90 Å². The van der Waals surface area contributed by atoms with Crippen molar-refractivity contribution in [2.75, 3.05) is 27.2 Å². The molecule has 0 fully saturated rings. The molecule has 0 aromatic carbocycles. The number of amidine groups is 1. The normalized spacial score (nSPS) is 18.3. The van der Waals surface area contributed by atoms with Gasteiger partial charge >= 0.3 is 5.29 Å². The maximum absolute atomic E-state index is 5.78. The van der Waals surface area contributed by atoms with Gasteiger partial charge in [0.1, 0.15) is 13.1 Å². The van der Waals surface area contributed by atoms with E-state index in [1.54, 1.807) is 0 Å². The second-order valence-electron chi connectivity index (χ2n) is 2.11. The maximum Gasteiger partial charge on any atom is 0.344 e. The fraction of sp³-hybridized carbons (Fsp3) is 0.800. The van der Waals surface area contributed by atoms with Crippen molar-refractivity contribution in [2.45, 2.75) is 0 Å². The summed E-state index contributed by atoms with van der Waals surface area (Å²) in [7, 11) is 3.98. The van der Waals surface area contributed by atoms with Crippen LogP contribution in [-0.2, 0) is 0 Å². The first-order valence-corrected chi connectivity index (χ1v) is 3.04. The largest absolute Gasteiger partial charge is 0.344 e. The van der Waals surface area contributed by atoms with Crippen molar-refractivity contribution in [3.05, 3.63) is 0 Å². The molecule has 0 atom stereocenters. The first kappa shape index (κ1) is 9.05. The Labute approximate surface area is 66.5 Å². The third kappa shape index (κ3) is 1.73. The first-order valence-electron chi connectivity index (χ1n) is 2.66. The van der Waals surface area contributed by atoms with Crippen molar-refractivity contribution in [1.29, 1.82) is 0 Å². The molecule has 1 rings (SSSR count). The van der Waals surface area contributed by atoms with Crippen molar-refractivity contribution in [3.8, 4) is 0 Å². The number of nitrogens with zero attached hydrogens (tertiary/aromatic N) is 2. The summed E-state index contributed by atoms with van der Waals surface area (Å²) < 4.78 is 2.03. The molecule has 2 nitrogen and oxygen atoms in total. The standard InChI is InChI=1S/C5H10ClN2.ClH/c1-7-3-4-8(2)5(7)6;/h3-4H2,1-2H3;1H/q+1;. The van der Waals surface area contributed by atoms with Crippen molar-refractivity contribution in [2.24, 2.45) is 0 Å². The van der Waals surface area contributed by atoms with Crippen LogP contribution < -0.4 is 0 Å². The van der Waals surface area contributed by atoms with Gasteiger partial charge in [-0.1, -0.05) is 0 Å². The van der Waals surface area contributed by atoms with Crippen LogP contribution in [-0.4, -0.2) is 42.0 Å². The average molecular weight is 170 g/mol. The summed E-state index contributed by atoms with van der Waals surface area (Å²) in [5, 5.41) is 0.852. The molecule has 0 aromatic rings. The van der Waals surface area contributed by atoms with Crippen LogP contribution in [0.15, 0.2) is 0 Å². The smallest absolute Gasteiger partial charge is 0.250 e. The van der Waals surface area contributed by atoms with E-state index >= 15 is 0 Å². The molecule has 0 N–H and O–H groups in total. The van der Waals surface area contributed by atoms with Crippen molar-refractivity contribution in [3.63, 3.8) is 0 Å². The lowest BCUT2D eigenvalue weighted by atomic mass is 10.6. The van der Waals surface area contributed by atoms with E-state index in [9.17, 15) is 0 Å². The third-order valence-electron chi connectivity index (χ3n) is 1.40. The van der Waals surface area contributed by atoms with Crippen LogP contribution >= 0.6 is 24.0 Å². The van der Waals surface area contributed by atoms with Gasteiger partial charge in [0.2, 0.25) is 0 Å². The Kier molecular flexibility index (Phi) is 3.30. The molecule has 4 heteroatoms. The highest BCUT2D eigenvalue weighted by molar-refractivity contribution is 6.63. The molecule has 0 unspecified atom stereocenters. The van der Waals surface area contributed by atoms with Crippen molar-refractivity contribution >= 4 is 29.3 Å². The lowest BCUT2D eigenvalue weighted by Crippen LogP contribution is -2.18. The predicted octanol–water partition coefficient (Wildman–Crippen LogP) is 0.591. The van der Waals surface area contributed by atoms with Crippen LogP contribution in [0.25, 0.3) is 0 Å². The molecular formula is C5H11Cl2N2+. The predicted molar refractivity (Wildman–Crippen MR) is 41.8 cm³/mol. The van der Waals surface area contributed by atoms with Gasteiger partial charge in [-0.25, -0.2) is 0 Å². The summed E-state index contributed by atoms with van der Waals surface area (Å²) in [5.74, 6) is 0. The molecule has 0 amide bonds. The number of halogens is 2. The van der Waals surface area contributed by atoms with E-state index in [0.29, 0.717) is 0 Å². The molecule has 0 saturated carbocycles. The number of hydrogen-bond donors (Lipinski definition) is 0. The van der Waals surface area contributed by atoms with E-state index in [1.165, 1.54) is 0 Å². The highest BCUT2D eigenvalue weighted by Crippen LogP contribution is 1.98. The van der Waals surface area contributed by atoms with Gasteiger partial charge in [0.25, 0.3) is 0 Å². The second kappa shape index (κ2) is 3.28.